The van der Waals surface area contributed by atoms with Gasteiger partial charge in [0.05, 0.1) is 5.60 Å². The second-order valence-corrected chi connectivity index (χ2v) is 7.10. The van der Waals surface area contributed by atoms with Crippen LogP contribution in [0.25, 0.3) is 0 Å². The maximum Gasteiger partial charge on any atom is 0.0774 e. The van der Waals surface area contributed by atoms with Gasteiger partial charge in [0.15, 0.2) is 0 Å². The molecule has 4 nitrogen and oxygen atoms in total. The van der Waals surface area contributed by atoms with E-state index in [1.807, 2.05) is 0 Å². The predicted molar refractivity (Wildman–Crippen MR) is 81.9 cm³/mol. The van der Waals surface area contributed by atoms with E-state index in [0.717, 1.165) is 25.4 Å². The zero-order valence-electron chi connectivity index (χ0n) is 13.1. The Morgan fingerprint density at radius 1 is 0.950 bits per heavy atom. The van der Waals surface area contributed by atoms with Crippen molar-refractivity contribution in [1.29, 1.82) is 0 Å². The highest BCUT2D eigenvalue weighted by molar-refractivity contribution is 4.95. The van der Waals surface area contributed by atoms with Gasteiger partial charge in [-0.3, -0.25) is 9.80 Å². The van der Waals surface area contributed by atoms with E-state index >= 15 is 0 Å². The number of nitrogens with zero attached hydrogens (tertiary/aromatic N) is 3. The lowest BCUT2D eigenvalue weighted by Crippen LogP contribution is -2.65. The second-order valence-electron chi connectivity index (χ2n) is 7.10. The lowest BCUT2D eigenvalue weighted by atomic mass is 9.83. The van der Waals surface area contributed by atoms with Gasteiger partial charge < -0.3 is 10.0 Å². The summed E-state index contributed by atoms with van der Waals surface area (Å²) in [6.45, 7) is 11.6. The first-order chi connectivity index (χ1) is 9.68. The summed E-state index contributed by atoms with van der Waals surface area (Å²) in [5, 5.41) is 10.6. The van der Waals surface area contributed by atoms with Crippen molar-refractivity contribution in [1.82, 2.24) is 14.7 Å². The Morgan fingerprint density at radius 3 is 2.20 bits per heavy atom. The van der Waals surface area contributed by atoms with Gasteiger partial charge in [-0.05, 0) is 19.4 Å². The summed E-state index contributed by atoms with van der Waals surface area (Å²) in [6, 6.07) is 0.751. The lowest BCUT2D eigenvalue weighted by molar-refractivity contribution is -0.0679. The first-order valence-corrected chi connectivity index (χ1v) is 8.60. The van der Waals surface area contributed by atoms with Crippen molar-refractivity contribution < 1.29 is 5.11 Å². The van der Waals surface area contributed by atoms with Crippen molar-refractivity contribution in [3.05, 3.63) is 0 Å². The smallest absolute Gasteiger partial charge is 0.0774 e. The molecule has 2 heterocycles. The summed E-state index contributed by atoms with van der Waals surface area (Å²) in [7, 11) is 0. The fraction of sp³-hybridized carbons (Fsp3) is 1.00. The van der Waals surface area contributed by atoms with Crippen molar-refractivity contribution in [2.24, 2.45) is 0 Å². The summed E-state index contributed by atoms with van der Waals surface area (Å²) in [6.07, 6.45) is 5.78. The standard InChI is InChI=1S/C16H31N3O/c1-2-17-8-10-19(11-9-17)15-12-18(13-15)14-16(20)6-4-3-5-7-16/h15,20H,2-14H2,1H3. The molecule has 0 atom stereocenters. The number of likely N-dealkylation sites (N-methyl/N-ethyl adjacent to an activating group) is 1. The molecule has 0 amide bonds. The molecule has 3 fully saturated rings. The Bertz CT molecular complexity index is 303. The SMILES string of the molecule is CCN1CCN(C2CN(CC3(O)CCCCC3)C2)CC1. The number of hydrogen-bond donors (Lipinski definition) is 1. The van der Waals surface area contributed by atoms with Crippen molar-refractivity contribution in [3.63, 3.8) is 0 Å². The van der Waals surface area contributed by atoms with Crippen LogP contribution in [0, 0.1) is 0 Å². The van der Waals surface area contributed by atoms with Gasteiger partial charge in [0.1, 0.15) is 0 Å². The van der Waals surface area contributed by atoms with Gasteiger partial charge in [-0.1, -0.05) is 26.2 Å². The Morgan fingerprint density at radius 2 is 1.60 bits per heavy atom. The van der Waals surface area contributed by atoms with E-state index in [1.54, 1.807) is 0 Å². The summed E-state index contributed by atoms with van der Waals surface area (Å²) in [5.41, 5.74) is -0.371. The minimum Gasteiger partial charge on any atom is -0.389 e. The number of β-amino-alcohol motifs (C(OH)–C–C–N with tert-alkyl or cyclic N) is 1. The van der Waals surface area contributed by atoms with E-state index in [1.165, 1.54) is 65.1 Å². The molecule has 2 aliphatic heterocycles. The van der Waals surface area contributed by atoms with Crippen LogP contribution in [0.5, 0.6) is 0 Å². The molecule has 2 saturated heterocycles. The number of likely N-dealkylation sites (tertiary alicyclic amines) is 1. The van der Waals surface area contributed by atoms with Crippen LogP contribution in [0.1, 0.15) is 39.0 Å². The highest BCUT2D eigenvalue weighted by Crippen LogP contribution is 2.30. The van der Waals surface area contributed by atoms with Gasteiger partial charge in [0, 0.05) is 51.9 Å². The largest absolute Gasteiger partial charge is 0.389 e. The Labute approximate surface area is 123 Å². The predicted octanol–water partition coefficient (Wildman–Crippen LogP) is 1.00. The molecule has 0 radical (unpaired) electrons. The Kier molecular flexibility index (Phi) is 4.65. The third-order valence-corrected chi connectivity index (χ3v) is 5.61. The van der Waals surface area contributed by atoms with E-state index in [9.17, 15) is 5.11 Å². The Balaban J connectivity index is 1.38. The molecule has 4 heteroatoms. The lowest BCUT2D eigenvalue weighted by Gasteiger charge is -2.50. The van der Waals surface area contributed by atoms with Crippen LogP contribution < -0.4 is 0 Å². The number of aliphatic hydroxyl groups is 1. The molecule has 0 spiro atoms. The maximum atomic E-state index is 10.6. The molecule has 0 unspecified atom stereocenters. The third kappa shape index (κ3) is 3.35. The van der Waals surface area contributed by atoms with E-state index < -0.39 is 0 Å². The minimum atomic E-state index is -0.371. The highest BCUT2D eigenvalue weighted by atomic mass is 16.3. The van der Waals surface area contributed by atoms with E-state index in [2.05, 4.69) is 21.6 Å². The number of rotatable bonds is 4. The molecule has 116 valence electrons. The molecule has 20 heavy (non-hydrogen) atoms. The molecule has 0 aromatic rings. The number of hydrogen-bond acceptors (Lipinski definition) is 4. The molecule has 1 aliphatic carbocycles. The third-order valence-electron chi connectivity index (χ3n) is 5.61. The van der Waals surface area contributed by atoms with E-state index in [4.69, 9.17) is 0 Å². The molecule has 3 aliphatic rings. The molecule has 1 N–H and O–H groups in total. The van der Waals surface area contributed by atoms with Crippen molar-refractivity contribution >= 4 is 0 Å². The van der Waals surface area contributed by atoms with Crippen LogP contribution in [0.15, 0.2) is 0 Å². The summed E-state index contributed by atoms with van der Waals surface area (Å²) in [4.78, 5) is 7.67. The quantitative estimate of drug-likeness (QED) is 0.833. The zero-order chi connectivity index (χ0) is 14.0. The molecule has 0 aromatic carbocycles. The summed E-state index contributed by atoms with van der Waals surface area (Å²) >= 11 is 0. The molecular weight excluding hydrogens is 250 g/mol. The van der Waals surface area contributed by atoms with Crippen LogP contribution in [-0.2, 0) is 0 Å². The van der Waals surface area contributed by atoms with Crippen LogP contribution in [0.4, 0.5) is 0 Å². The molecule has 3 rings (SSSR count). The molecule has 0 aromatic heterocycles. The van der Waals surface area contributed by atoms with Gasteiger partial charge in [0.2, 0.25) is 0 Å². The first-order valence-electron chi connectivity index (χ1n) is 8.60. The summed E-state index contributed by atoms with van der Waals surface area (Å²) < 4.78 is 0. The molecule has 1 saturated carbocycles. The van der Waals surface area contributed by atoms with Gasteiger partial charge in [-0.2, -0.15) is 0 Å². The minimum absolute atomic E-state index is 0.371. The second kappa shape index (κ2) is 6.30. The fourth-order valence-corrected chi connectivity index (χ4v) is 4.13. The van der Waals surface area contributed by atoms with Crippen LogP contribution in [-0.4, -0.2) is 83.8 Å². The van der Waals surface area contributed by atoms with Gasteiger partial charge in [-0.15, -0.1) is 0 Å². The van der Waals surface area contributed by atoms with Crippen molar-refractivity contribution in [3.8, 4) is 0 Å². The topological polar surface area (TPSA) is 30.0 Å². The Hall–Kier alpha value is -0.160. The average molecular weight is 281 g/mol. The van der Waals surface area contributed by atoms with Crippen molar-refractivity contribution in [2.45, 2.75) is 50.7 Å². The highest BCUT2D eigenvalue weighted by Gasteiger charge is 2.38. The summed E-state index contributed by atoms with van der Waals surface area (Å²) in [5.74, 6) is 0. The van der Waals surface area contributed by atoms with Gasteiger partial charge in [0.25, 0.3) is 0 Å². The molecular formula is C16H31N3O. The van der Waals surface area contributed by atoms with E-state index in [-0.39, 0.29) is 5.60 Å². The fourth-order valence-electron chi connectivity index (χ4n) is 4.13. The molecule has 0 bridgehead atoms. The monoisotopic (exact) mass is 281 g/mol. The van der Waals surface area contributed by atoms with Gasteiger partial charge in [-0.25, -0.2) is 0 Å². The zero-order valence-corrected chi connectivity index (χ0v) is 13.1. The van der Waals surface area contributed by atoms with Crippen molar-refractivity contribution in [2.75, 3.05) is 52.4 Å². The average Bonchev–Trinajstić information content (AvgIpc) is 2.43. The first kappa shape index (κ1) is 14.8. The van der Waals surface area contributed by atoms with Crippen LogP contribution >= 0.6 is 0 Å². The maximum absolute atomic E-state index is 10.6. The normalized spacial score (nSPS) is 30.3. The van der Waals surface area contributed by atoms with Crippen LogP contribution in [0.2, 0.25) is 0 Å². The van der Waals surface area contributed by atoms with Crippen LogP contribution in [0.3, 0.4) is 0 Å². The van der Waals surface area contributed by atoms with E-state index in [0.29, 0.717) is 0 Å². The number of piperazine rings is 1. The van der Waals surface area contributed by atoms with Gasteiger partial charge >= 0.3 is 0 Å².